The molecule has 1 rings (SSSR count). The second kappa shape index (κ2) is 5.01. The van der Waals surface area contributed by atoms with E-state index in [2.05, 4.69) is 0 Å². The highest BCUT2D eigenvalue weighted by Crippen LogP contribution is 2.20. The van der Waals surface area contributed by atoms with E-state index >= 15 is 0 Å². The van der Waals surface area contributed by atoms with Gasteiger partial charge >= 0.3 is 0 Å². The molecule has 0 unspecified atom stereocenters. The zero-order valence-corrected chi connectivity index (χ0v) is 8.22. The van der Waals surface area contributed by atoms with Crippen LogP contribution in [0.3, 0.4) is 0 Å². The van der Waals surface area contributed by atoms with Crippen LogP contribution in [0.15, 0.2) is 24.3 Å². The number of nitrogens with zero attached hydrogens (tertiary/aromatic N) is 1. The lowest BCUT2D eigenvalue weighted by Gasteiger charge is -1.97. The van der Waals surface area contributed by atoms with Crippen molar-refractivity contribution in [3.63, 3.8) is 0 Å². The van der Waals surface area contributed by atoms with Crippen LogP contribution in [0.1, 0.15) is 12.0 Å². The number of hydrogen-bond donors (Lipinski definition) is 1. The molecule has 2 N–H and O–H groups in total. The van der Waals surface area contributed by atoms with Gasteiger partial charge in [0.2, 0.25) is 5.91 Å². The first-order valence-electron chi connectivity index (χ1n) is 4.39. The predicted molar refractivity (Wildman–Crippen MR) is 55.9 cm³/mol. The van der Waals surface area contributed by atoms with Crippen LogP contribution in [0.2, 0.25) is 0 Å². The predicted octanol–water partition coefficient (Wildman–Crippen LogP) is 1.62. The quantitative estimate of drug-likeness (QED) is 0.622. The van der Waals surface area contributed by atoms with Gasteiger partial charge in [-0.3, -0.25) is 14.9 Å². The number of hydrogen-bond acceptors (Lipinski definition) is 3. The van der Waals surface area contributed by atoms with Gasteiger partial charge in [-0.1, -0.05) is 12.2 Å². The van der Waals surface area contributed by atoms with E-state index in [1.807, 2.05) is 0 Å². The van der Waals surface area contributed by atoms with Crippen LogP contribution in [0.4, 0.5) is 10.1 Å². The van der Waals surface area contributed by atoms with Crippen molar-refractivity contribution in [2.45, 2.75) is 6.42 Å². The fourth-order valence-electron chi connectivity index (χ4n) is 1.13. The van der Waals surface area contributed by atoms with Gasteiger partial charge < -0.3 is 5.73 Å². The lowest BCUT2D eigenvalue weighted by atomic mass is 10.1. The lowest BCUT2D eigenvalue weighted by Crippen LogP contribution is -2.07. The summed E-state index contributed by atoms with van der Waals surface area (Å²) in [6.07, 6.45) is 2.60. The Morgan fingerprint density at radius 3 is 2.81 bits per heavy atom. The number of halogens is 1. The van der Waals surface area contributed by atoms with Crippen molar-refractivity contribution in [1.29, 1.82) is 0 Å². The highest BCUT2D eigenvalue weighted by Gasteiger charge is 2.11. The van der Waals surface area contributed by atoms with Crippen molar-refractivity contribution in [1.82, 2.24) is 0 Å². The van der Waals surface area contributed by atoms with Gasteiger partial charge in [-0.15, -0.1) is 0 Å². The molecule has 0 atom stereocenters. The number of nitro benzene ring substituents is 1. The third-order valence-electron chi connectivity index (χ3n) is 1.80. The van der Waals surface area contributed by atoms with Gasteiger partial charge in [0, 0.05) is 12.5 Å². The largest absolute Gasteiger partial charge is 0.369 e. The molecule has 0 fully saturated rings. The van der Waals surface area contributed by atoms with E-state index in [4.69, 9.17) is 5.73 Å². The van der Waals surface area contributed by atoms with Crippen LogP contribution in [0.5, 0.6) is 0 Å². The van der Waals surface area contributed by atoms with Crippen molar-refractivity contribution in [2.24, 2.45) is 5.73 Å². The molecule has 0 radical (unpaired) electrons. The van der Waals surface area contributed by atoms with Gasteiger partial charge in [0.25, 0.3) is 5.69 Å². The molecule has 0 heterocycles. The number of primary amides is 1. The summed E-state index contributed by atoms with van der Waals surface area (Å²) < 4.78 is 12.8. The number of amides is 1. The molecule has 0 aliphatic carbocycles. The summed E-state index contributed by atoms with van der Waals surface area (Å²) in [7, 11) is 0. The van der Waals surface area contributed by atoms with Crippen molar-refractivity contribution in [3.8, 4) is 0 Å². The minimum Gasteiger partial charge on any atom is -0.369 e. The number of carbonyl (C=O) groups is 1. The Morgan fingerprint density at radius 1 is 1.56 bits per heavy atom. The topological polar surface area (TPSA) is 86.2 Å². The lowest BCUT2D eigenvalue weighted by molar-refractivity contribution is -0.385. The zero-order chi connectivity index (χ0) is 12.1. The summed E-state index contributed by atoms with van der Waals surface area (Å²) in [5.41, 5.74) is 4.77. The molecule has 1 aromatic carbocycles. The number of carbonyl (C=O) groups excluding carboxylic acids is 1. The van der Waals surface area contributed by atoms with Crippen LogP contribution in [0, 0.1) is 15.9 Å². The van der Waals surface area contributed by atoms with Gasteiger partial charge in [-0.2, -0.15) is 0 Å². The van der Waals surface area contributed by atoms with Crippen molar-refractivity contribution in [3.05, 3.63) is 45.8 Å². The van der Waals surface area contributed by atoms with Gasteiger partial charge in [0.1, 0.15) is 5.82 Å². The van der Waals surface area contributed by atoms with Gasteiger partial charge in [0.15, 0.2) is 0 Å². The molecule has 1 aromatic rings. The number of nitrogens with two attached hydrogens (primary N) is 1. The van der Waals surface area contributed by atoms with Crippen molar-refractivity contribution >= 4 is 17.7 Å². The average Bonchev–Trinajstić information content (AvgIpc) is 2.16. The Bertz CT molecular complexity index is 457. The first-order chi connectivity index (χ1) is 7.50. The van der Waals surface area contributed by atoms with Crippen LogP contribution < -0.4 is 5.73 Å². The minimum atomic E-state index is -0.622. The third kappa shape index (κ3) is 3.16. The minimum absolute atomic E-state index is 0.0479. The van der Waals surface area contributed by atoms with Gasteiger partial charge in [0.05, 0.1) is 10.5 Å². The molecular weight excluding hydrogens is 215 g/mol. The van der Waals surface area contributed by atoms with Crippen molar-refractivity contribution in [2.75, 3.05) is 0 Å². The smallest absolute Gasteiger partial charge is 0.276 e. The summed E-state index contributed by atoms with van der Waals surface area (Å²) in [6.45, 7) is 0. The molecular formula is C10H9FN2O3. The summed E-state index contributed by atoms with van der Waals surface area (Å²) in [5.74, 6) is -1.14. The zero-order valence-electron chi connectivity index (χ0n) is 8.22. The highest BCUT2D eigenvalue weighted by molar-refractivity contribution is 5.77. The molecule has 0 aliphatic rings. The summed E-state index contributed by atoms with van der Waals surface area (Å²) in [6, 6.07) is 3.10. The maximum atomic E-state index is 12.8. The van der Waals surface area contributed by atoms with Crippen LogP contribution in [-0.2, 0) is 4.79 Å². The third-order valence-corrected chi connectivity index (χ3v) is 1.80. The van der Waals surface area contributed by atoms with Gasteiger partial charge in [-0.05, 0) is 12.1 Å². The number of rotatable bonds is 4. The fraction of sp³-hybridized carbons (Fsp3) is 0.100. The second-order valence-corrected chi connectivity index (χ2v) is 3.03. The number of benzene rings is 1. The maximum absolute atomic E-state index is 12.8. The van der Waals surface area contributed by atoms with E-state index in [1.54, 1.807) is 0 Å². The average molecular weight is 224 g/mol. The fourth-order valence-corrected chi connectivity index (χ4v) is 1.13. The molecule has 16 heavy (non-hydrogen) atoms. The van der Waals surface area contributed by atoms with Crippen LogP contribution in [-0.4, -0.2) is 10.8 Å². The molecule has 0 saturated heterocycles. The number of nitro groups is 1. The van der Waals surface area contributed by atoms with Crippen molar-refractivity contribution < 1.29 is 14.1 Å². The van der Waals surface area contributed by atoms with E-state index in [0.29, 0.717) is 0 Å². The Hall–Kier alpha value is -2.24. The Labute approximate surface area is 90.5 Å². The van der Waals surface area contributed by atoms with Gasteiger partial charge in [-0.25, -0.2) is 4.39 Å². The first-order valence-corrected chi connectivity index (χ1v) is 4.39. The molecule has 0 aromatic heterocycles. The Balaban J connectivity index is 3.01. The Morgan fingerprint density at radius 2 is 2.25 bits per heavy atom. The Kier molecular flexibility index (Phi) is 3.71. The molecule has 0 spiro atoms. The molecule has 5 nitrogen and oxygen atoms in total. The van der Waals surface area contributed by atoms with E-state index < -0.39 is 16.6 Å². The maximum Gasteiger partial charge on any atom is 0.276 e. The molecule has 0 bridgehead atoms. The van der Waals surface area contributed by atoms with Crippen LogP contribution >= 0.6 is 0 Å². The standard InChI is InChI=1S/C10H9FN2O3/c11-8-4-5-9(13(15)16)7(6-8)2-1-3-10(12)14/h1-2,4-6H,3H2,(H2,12,14). The summed E-state index contributed by atoms with van der Waals surface area (Å²) in [5, 5.41) is 10.6. The van der Waals surface area contributed by atoms with Crippen LogP contribution in [0.25, 0.3) is 6.08 Å². The van der Waals surface area contributed by atoms with E-state index in [1.165, 1.54) is 12.2 Å². The molecule has 84 valence electrons. The summed E-state index contributed by atoms with van der Waals surface area (Å²) >= 11 is 0. The first kappa shape index (κ1) is 11.8. The SMILES string of the molecule is NC(=O)CC=Cc1cc(F)ccc1[N+](=O)[O-]. The molecule has 0 saturated carbocycles. The van der Waals surface area contributed by atoms with E-state index in [0.717, 1.165) is 18.2 Å². The van der Waals surface area contributed by atoms with E-state index in [-0.39, 0.29) is 17.7 Å². The second-order valence-electron chi connectivity index (χ2n) is 3.03. The molecule has 1 amide bonds. The monoisotopic (exact) mass is 224 g/mol. The highest BCUT2D eigenvalue weighted by atomic mass is 19.1. The molecule has 6 heteroatoms. The van der Waals surface area contributed by atoms with E-state index in [9.17, 15) is 19.3 Å². The normalized spacial score (nSPS) is 10.6. The molecule has 0 aliphatic heterocycles. The summed E-state index contributed by atoms with van der Waals surface area (Å²) in [4.78, 5) is 20.4.